The fourth-order valence-corrected chi connectivity index (χ4v) is 7.93. The van der Waals surface area contributed by atoms with Gasteiger partial charge >= 0.3 is 0 Å². The van der Waals surface area contributed by atoms with Gasteiger partial charge in [-0.3, -0.25) is 4.57 Å². The van der Waals surface area contributed by atoms with Crippen LogP contribution in [0.2, 0.25) is 0 Å². The molecule has 2 aromatic heterocycles. The monoisotopic (exact) mass is 640 g/mol. The third-order valence-electron chi connectivity index (χ3n) is 10.2. The second kappa shape index (κ2) is 11.3. The lowest BCUT2D eigenvalue weighted by Crippen LogP contribution is -2.03. The molecule has 50 heavy (non-hydrogen) atoms. The van der Waals surface area contributed by atoms with E-state index < -0.39 is 0 Å². The van der Waals surface area contributed by atoms with Crippen molar-refractivity contribution in [1.82, 2.24) is 9.55 Å². The Bertz CT molecular complexity index is 2910. The molecule has 0 saturated carbocycles. The van der Waals surface area contributed by atoms with Crippen LogP contribution >= 0.6 is 0 Å². The highest BCUT2D eigenvalue weighted by atomic mass is 16.3. The summed E-state index contributed by atoms with van der Waals surface area (Å²) in [5.74, 6) is 1.05. The Morgan fingerprint density at radius 1 is 0.480 bits per heavy atom. The number of aromatic nitrogens is 2. The number of para-hydroxylation sites is 4. The first kappa shape index (κ1) is 28.6. The zero-order chi connectivity index (χ0) is 33.2. The highest BCUT2D eigenvalue weighted by Crippen LogP contribution is 2.47. The summed E-state index contributed by atoms with van der Waals surface area (Å²) < 4.78 is 8.62. The van der Waals surface area contributed by atoms with Crippen LogP contribution in [0.1, 0.15) is 12.7 Å². The van der Waals surface area contributed by atoms with Gasteiger partial charge in [-0.25, -0.2) is 4.98 Å². The minimum atomic E-state index is 0.828. The normalized spacial score (nSPS) is 11.8. The third-order valence-corrected chi connectivity index (χ3v) is 10.2. The predicted octanol–water partition coefficient (Wildman–Crippen LogP) is 12.8. The minimum Gasteiger partial charge on any atom is -0.456 e. The van der Waals surface area contributed by atoms with Gasteiger partial charge in [0.1, 0.15) is 17.0 Å². The summed E-state index contributed by atoms with van der Waals surface area (Å²) in [5, 5.41) is 7.12. The highest BCUT2D eigenvalue weighted by molar-refractivity contribution is 6.23. The van der Waals surface area contributed by atoms with Crippen molar-refractivity contribution in [3.05, 3.63) is 170 Å². The molecule has 2 heterocycles. The SMILES string of the molecule is CCc1nc2ccccc2n1-c1ccccc1-c1c2ccccc2c(-c2ccc3oc4ccccc4c3c2)c2cc(-c3ccccc3)ccc12. The number of hydrogen-bond donors (Lipinski definition) is 0. The molecule has 0 aliphatic heterocycles. The number of nitrogens with zero attached hydrogens (tertiary/aromatic N) is 2. The topological polar surface area (TPSA) is 31.0 Å². The molecule has 0 aliphatic rings. The fourth-order valence-electron chi connectivity index (χ4n) is 7.93. The van der Waals surface area contributed by atoms with Crippen molar-refractivity contribution in [3.63, 3.8) is 0 Å². The molecule has 0 amide bonds. The summed E-state index contributed by atoms with van der Waals surface area (Å²) in [6.45, 7) is 2.19. The van der Waals surface area contributed by atoms with Gasteiger partial charge in [0.25, 0.3) is 0 Å². The van der Waals surface area contributed by atoms with Gasteiger partial charge in [-0.2, -0.15) is 0 Å². The van der Waals surface area contributed by atoms with Gasteiger partial charge in [0.05, 0.1) is 16.7 Å². The van der Waals surface area contributed by atoms with E-state index in [1.54, 1.807) is 0 Å². The van der Waals surface area contributed by atoms with Crippen molar-refractivity contribution in [2.75, 3.05) is 0 Å². The maximum Gasteiger partial charge on any atom is 0.135 e. The van der Waals surface area contributed by atoms with Crippen LogP contribution in [0.15, 0.2) is 168 Å². The Morgan fingerprint density at radius 3 is 1.98 bits per heavy atom. The van der Waals surface area contributed by atoms with E-state index in [1.165, 1.54) is 54.9 Å². The Kier molecular flexibility index (Phi) is 6.47. The van der Waals surface area contributed by atoms with Crippen LogP contribution in [-0.4, -0.2) is 9.55 Å². The molecule has 0 N–H and O–H groups in total. The lowest BCUT2D eigenvalue weighted by atomic mass is 9.84. The molecule has 0 spiro atoms. The molecule has 0 radical (unpaired) electrons. The fraction of sp³-hybridized carbons (Fsp3) is 0.0426. The van der Waals surface area contributed by atoms with E-state index in [1.807, 2.05) is 12.1 Å². The van der Waals surface area contributed by atoms with E-state index in [-0.39, 0.29) is 0 Å². The second-order valence-corrected chi connectivity index (χ2v) is 13.0. The van der Waals surface area contributed by atoms with E-state index in [0.717, 1.165) is 50.9 Å². The Balaban J connectivity index is 1.33. The van der Waals surface area contributed by atoms with Crippen LogP contribution in [0.4, 0.5) is 0 Å². The van der Waals surface area contributed by atoms with Crippen molar-refractivity contribution >= 4 is 54.5 Å². The molecular weight excluding hydrogens is 609 g/mol. The van der Waals surface area contributed by atoms with Gasteiger partial charge in [0, 0.05) is 22.8 Å². The zero-order valence-electron chi connectivity index (χ0n) is 27.6. The Morgan fingerprint density at radius 2 is 1.12 bits per heavy atom. The molecule has 0 unspecified atom stereocenters. The first-order chi connectivity index (χ1) is 24.8. The molecule has 3 heteroatoms. The molecule has 10 aromatic rings. The first-order valence-corrected chi connectivity index (χ1v) is 17.3. The second-order valence-electron chi connectivity index (χ2n) is 13.0. The van der Waals surface area contributed by atoms with Crippen LogP contribution in [0.3, 0.4) is 0 Å². The van der Waals surface area contributed by atoms with Crippen LogP contribution in [-0.2, 0) is 6.42 Å². The molecule has 0 bridgehead atoms. The van der Waals surface area contributed by atoms with Gasteiger partial charge in [-0.05, 0) is 91.8 Å². The van der Waals surface area contributed by atoms with E-state index in [9.17, 15) is 0 Å². The summed E-state index contributed by atoms with van der Waals surface area (Å²) in [7, 11) is 0. The Hall–Kier alpha value is -6.45. The van der Waals surface area contributed by atoms with Gasteiger partial charge in [0.2, 0.25) is 0 Å². The van der Waals surface area contributed by atoms with Crippen LogP contribution in [0.25, 0.3) is 93.6 Å². The molecule has 0 atom stereocenters. The average molecular weight is 641 g/mol. The van der Waals surface area contributed by atoms with Crippen molar-refractivity contribution in [2.24, 2.45) is 0 Å². The number of benzene rings is 8. The minimum absolute atomic E-state index is 0.828. The molecule has 236 valence electrons. The van der Waals surface area contributed by atoms with Gasteiger partial charge in [-0.15, -0.1) is 0 Å². The third kappa shape index (κ3) is 4.33. The van der Waals surface area contributed by atoms with Crippen LogP contribution < -0.4 is 0 Å². The Labute approximate surface area is 289 Å². The number of rotatable bonds is 5. The van der Waals surface area contributed by atoms with E-state index >= 15 is 0 Å². The number of aryl methyl sites for hydroxylation is 1. The number of furan rings is 1. The molecule has 8 aromatic carbocycles. The van der Waals surface area contributed by atoms with Crippen molar-refractivity contribution in [1.29, 1.82) is 0 Å². The molecule has 10 rings (SSSR count). The zero-order valence-corrected chi connectivity index (χ0v) is 27.6. The first-order valence-electron chi connectivity index (χ1n) is 17.3. The number of hydrogen-bond acceptors (Lipinski definition) is 2. The summed E-state index contributed by atoms with van der Waals surface area (Å²) in [6, 6.07) is 58.9. The molecule has 3 nitrogen and oxygen atoms in total. The van der Waals surface area contributed by atoms with Crippen LogP contribution in [0, 0.1) is 0 Å². The summed E-state index contributed by atoms with van der Waals surface area (Å²) in [5.41, 5.74) is 12.3. The summed E-state index contributed by atoms with van der Waals surface area (Å²) >= 11 is 0. The van der Waals surface area contributed by atoms with E-state index in [0.29, 0.717) is 0 Å². The maximum absolute atomic E-state index is 6.26. The summed E-state index contributed by atoms with van der Waals surface area (Å²) in [6.07, 6.45) is 0.828. The quantitative estimate of drug-likeness (QED) is 0.175. The molecular formula is C47H32N2O. The molecule has 0 fully saturated rings. The van der Waals surface area contributed by atoms with Gasteiger partial charge in [-0.1, -0.05) is 128 Å². The van der Waals surface area contributed by atoms with Crippen molar-refractivity contribution < 1.29 is 4.42 Å². The predicted molar refractivity (Wildman–Crippen MR) is 209 cm³/mol. The van der Waals surface area contributed by atoms with E-state index in [2.05, 4.69) is 163 Å². The van der Waals surface area contributed by atoms with E-state index in [4.69, 9.17) is 9.40 Å². The molecule has 0 saturated heterocycles. The van der Waals surface area contributed by atoms with Gasteiger partial charge in [0.15, 0.2) is 0 Å². The standard InChI is InChI=1S/C47H32N2O/c1-2-45-48-40-20-10-12-22-42(40)49(45)41-21-11-8-19-37(41)47-35-18-7-6-17-34(35)46(39-28-31(24-26-36(39)47)30-14-4-3-5-15-30)32-25-27-44-38(29-32)33-16-9-13-23-43(33)50-44/h3-29H,2H2,1H3. The molecule has 0 aliphatic carbocycles. The van der Waals surface area contributed by atoms with Gasteiger partial charge < -0.3 is 4.42 Å². The summed E-state index contributed by atoms with van der Waals surface area (Å²) in [4.78, 5) is 5.06. The maximum atomic E-state index is 6.26. The van der Waals surface area contributed by atoms with Crippen molar-refractivity contribution in [3.8, 4) is 39.1 Å². The lowest BCUT2D eigenvalue weighted by Gasteiger charge is -2.21. The highest BCUT2D eigenvalue weighted by Gasteiger charge is 2.22. The average Bonchev–Trinajstić information content (AvgIpc) is 3.75. The lowest BCUT2D eigenvalue weighted by molar-refractivity contribution is 0.669. The number of imidazole rings is 1. The van der Waals surface area contributed by atoms with Crippen LogP contribution in [0.5, 0.6) is 0 Å². The smallest absolute Gasteiger partial charge is 0.135 e. The number of fused-ring (bicyclic) bond motifs is 6. The largest absolute Gasteiger partial charge is 0.456 e. The van der Waals surface area contributed by atoms with Crippen molar-refractivity contribution in [2.45, 2.75) is 13.3 Å².